The van der Waals surface area contributed by atoms with Gasteiger partial charge in [0, 0.05) is 5.33 Å². The second-order valence-corrected chi connectivity index (χ2v) is 6.89. The van der Waals surface area contributed by atoms with Gasteiger partial charge in [0.05, 0.1) is 11.2 Å². The molecule has 19 heavy (non-hydrogen) atoms. The lowest BCUT2D eigenvalue weighted by atomic mass is 9.83. The van der Waals surface area contributed by atoms with E-state index >= 15 is 0 Å². The van der Waals surface area contributed by atoms with E-state index in [1.165, 1.54) is 30.8 Å². The van der Waals surface area contributed by atoms with Crippen LogP contribution in [-0.2, 0) is 0 Å². The Morgan fingerprint density at radius 1 is 1.42 bits per heavy atom. The molecule has 4 nitrogen and oxygen atoms in total. The molecule has 2 rings (SSSR count). The predicted octanol–water partition coefficient (Wildman–Crippen LogP) is 3.49. The highest BCUT2D eigenvalue weighted by molar-refractivity contribution is 9.09. The first-order chi connectivity index (χ1) is 9.08. The zero-order valence-corrected chi connectivity index (χ0v) is 13.8. The Hall–Kier alpha value is -0.490. The summed E-state index contributed by atoms with van der Waals surface area (Å²) < 4.78 is 3.93. The van der Waals surface area contributed by atoms with Crippen molar-refractivity contribution in [1.29, 1.82) is 0 Å². The van der Waals surface area contributed by atoms with Crippen LogP contribution < -0.4 is 5.32 Å². The molecule has 0 radical (unpaired) electrons. The summed E-state index contributed by atoms with van der Waals surface area (Å²) in [6.45, 7) is 4.07. The van der Waals surface area contributed by atoms with Crippen molar-refractivity contribution in [2.75, 3.05) is 5.33 Å². The van der Waals surface area contributed by atoms with E-state index in [2.05, 4.69) is 30.8 Å². The summed E-state index contributed by atoms with van der Waals surface area (Å²) in [5.74, 6) is 0.214. The summed E-state index contributed by atoms with van der Waals surface area (Å²) in [6.07, 6.45) is 5.73. The van der Waals surface area contributed by atoms with E-state index in [0.717, 1.165) is 23.9 Å². The summed E-state index contributed by atoms with van der Waals surface area (Å²) in [6, 6.07) is 0. The molecular formula is C13H20BrN3OS. The summed E-state index contributed by atoms with van der Waals surface area (Å²) in [4.78, 5) is 13.1. The molecule has 1 aromatic heterocycles. The Morgan fingerprint density at radius 2 is 2.11 bits per heavy atom. The molecule has 1 amide bonds. The molecule has 0 saturated heterocycles. The van der Waals surface area contributed by atoms with Gasteiger partial charge in [-0.3, -0.25) is 4.79 Å². The van der Waals surface area contributed by atoms with Crippen LogP contribution in [0, 0.1) is 0 Å². The average Bonchev–Trinajstić information content (AvgIpc) is 2.89. The maximum atomic E-state index is 12.5. The zero-order chi connectivity index (χ0) is 13.9. The van der Waals surface area contributed by atoms with Crippen LogP contribution in [0.2, 0.25) is 0 Å². The van der Waals surface area contributed by atoms with Crippen LogP contribution in [0.25, 0.3) is 0 Å². The molecule has 1 aromatic rings. The topological polar surface area (TPSA) is 54.9 Å². The molecule has 1 N–H and O–H groups in total. The second kappa shape index (κ2) is 6.31. The third-order valence-electron chi connectivity index (χ3n) is 3.71. The van der Waals surface area contributed by atoms with Crippen molar-refractivity contribution < 1.29 is 4.79 Å². The first-order valence-corrected chi connectivity index (χ1v) is 8.68. The quantitative estimate of drug-likeness (QED) is 0.849. The molecule has 0 aromatic carbocycles. The number of rotatable bonds is 4. The molecule has 0 spiro atoms. The molecule has 1 aliphatic carbocycles. The number of hydrogen-bond acceptors (Lipinski definition) is 4. The molecular weight excluding hydrogens is 326 g/mol. The number of nitrogens with one attached hydrogen (secondary N) is 1. The second-order valence-electron chi connectivity index (χ2n) is 5.57. The summed E-state index contributed by atoms with van der Waals surface area (Å²) in [7, 11) is 0. The molecule has 1 saturated carbocycles. The van der Waals surface area contributed by atoms with Crippen molar-refractivity contribution >= 4 is 33.4 Å². The van der Waals surface area contributed by atoms with Gasteiger partial charge < -0.3 is 5.32 Å². The smallest absolute Gasteiger partial charge is 0.265 e. The first-order valence-electron chi connectivity index (χ1n) is 6.79. The van der Waals surface area contributed by atoms with Crippen LogP contribution in [0.15, 0.2) is 0 Å². The minimum Gasteiger partial charge on any atom is -0.345 e. The van der Waals surface area contributed by atoms with Crippen LogP contribution in [0.5, 0.6) is 0 Å². The van der Waals surface area contributed by atoms with Gasteiger partial charge in [0.2, 0.25) is 0 Å². The monoisotopic (exact) mass is 345 g/mol. The van der Waals surface area contributed by atoms with Gasteiger partial charge in [0.25, 0.3) is 5.91 Å². The molecule has 0 atom stereocenters. The minimum atomic E-state index is -0.0897. The Kier molecular flexibility index (Phi) is 4.95. The van der Waals surface area contributed by atoms with E-state index in [4.69, 9.17) is 0 Å². The maximum absolute atomic E-state index is 12.5. The normalized spacial score (nSPS) is 18.5. The molecule has 106 valence electrons. The fraction of sp³-hybridized carbons (Fsp3) is 0.769. The van der Waals surface area contributed by atoms with E-state index in [1.54, 1.807) is 0 Å². The molecule has 6 heteroatoms. The lowest BCUT2D eigenvalue weighted by Crippen LogP contribution is -2.51. The van der Waals surface area contributed by atoms with Crippen LogP contribution in [-0.4, -0.2) is 26.4 Å². The van der Waals surface area contributed by atoms with Crippen molar-refractivity contribution in [1.82, 2.24) is 14.9 Å². The number of carbonyl (C=O) groups is 1. The Morgan fingerprint density at radius 3 is 2.68 bits per heavy atom. The number of amides is 1. The highest BCUT2D eigenvalue weighted by Crippen LogP contribution is 2.31. The van der Waals surface area contributed by atoms with Gasteiger partial charge in [-0.25, -0.2) is 0 Å². The van der Waals surface area contributed by atoms with E-state index in [-0.39, 0.29) is 17.4 Å². The van der Waals surface area contributed by atoms with Crippen LogP contribution >= 0.6 is 27.5 Å². The van der Waals surface area contributed by atoms with Gasteiger partial charge in [0.1, 0.15) is 4.88 Å². The molecule has 0 bridgehead atoms. The van der Waals surface area contributed by atoms with Gasteiger partial charge in [-0.05, 0) is 30.3 Å². The Labute approximate surface area is 126 Å². The fourth-order valence-corrected chi connectivity index (χ4v) is 3.97. The van der Waals surface area contributed by atoms with Crippen LogP contribution in [0.3, 0.4) is 0 Å². The molecule has 0 aliphatic heterocycles. The number of carbonyl (C=O) groups excluding carboxylic acids is 1. The van der Waals surface area contributed by atoms with Crippen LogP contribution in [0.1, 0.15) is 67.2 Å². The summed E-state index contributed by atoms with van der Waals surface area (Å²) in [5.41, 5.74) is 0.719. The number of aromatic nitrogens is 2. The standard InChI is InChI=1S/C13H20BrN3OS/c1-9(2)10-11(19-17-16-10)12(18)15-13(8-14)6-4-3-5-7-13/h9H,3-8H2,1-2H3,(H,15,18). The number of halogens is 1. The van der Waals surface area contributed by atoms with Crippen molar-refractivity contribution in [2.24, 2.45) is 0 Å². The van der Waals surface area contributed by atoms with Gasteiger partial charge in [-0.1, -0.05) is 53.5 Å². The number of nitrogens with zero attached hydrogens (tertiary/aromatic N) is 2. The van der Waals surface area contributed by atoms with E-state index < -0.39 is 0 Å². The van der Waals surface area contributed by atoms with Gasteiger partial charge in [-0.15, -0.1) is 5.10 Å². The first kappa shape index (κ1) is 14.9. The average molecular weight is 346 g/mol. The van der Waals surface area contributed by atoms with Crippen molar-refractivity contribution in [3.8, 4) is 0 Å². The molecule has 1 aliphatic rings. The summed E-state index contributed by atoms with van der Waals surface area (Å²) in [5, 5.41) is 8.11. The molecule has 1 fully saturated rings. The van der Waals surface area contributed by atoms with E-state index in [0.29, 0.717) is 4.88 Å². The number of alkyl halides is 1. The highest BCUT2D eigenvalue weighted by atomic mass is 79.9. The van der Waals surface area contributed by atoms with E-state index in [9.17, 15) is 4.79 Å². The van der Waals surface area contributed by atoms with Gasteiger partial charge in [0.15, 0.2) is 0 Å². The Bertz CT molecular complexity index is 441. The lowest BCUT2D eigenvalue weighted by Gasteiger charge is -2.36. The van der Waals surface area contributed by atoms with Crippen molar-refractivity contribution in [3.05, 3.63) is 10.6 Å². The zero-order valence-electron chi connectivity index (χ0n) is 11.4. The lowest BCUT2D eigenvalue weighted by molar-refractivity contribution is 0.0889. The Balaban J connectivity index is 2.13. The molecule has 0 unspecified atom stereocenters. The number of hydrogen-bond donors (Lipinski definition) is 1. The third-order valence-corrected chi connectivity index (χ3v) is 5.53. The van der Waals surface area contributed by atoms with Crippen molar-refractivity contribution in [2.45, 2.75) is 57.4 Å². The predicted molar refractivity (Wildman–Crippen MR) is 81.1 cm³/mol. The SMILES string of the molecule is CC(C)c1nnsc1C(=O)NC1(CBr)CCCCC1. The molecule has 1 heterocycles. The van der Waals surface area contributed by atoms with Crippen molar-refractivity contribution in [3.63, 3.8) is 0 Å². The highest BCUT2D eigenvalue weighted by Gasteiger charge is 2.34. The minimum absolute atomic E-state index is 0.0138. The fourth-order valence-electron chi connectivity index (χ4n) is 2.55. The van der Waals surface area contributed by atoms with E-state index in [1.807, 2.05) is 13.8 Å². The third kappa shape index (κ3) is 3.34. The van der Waals surface area contributed by atoms with Gasteiger partial charge in [-0.2, -0.15) is 0 Å². The summed E-state index contributed by atoms with van der Waals surface area (Å²) >= 11 is 4.76. The van der Waals surface area contributed by atoms with Crippen LogP contribution in [0.4, 0.5) is 0 Å². The largest absolute Gasteiger partial charge is 0.345 e. The van der Waals surface area contributed by atoms with Gasteiger partial charge >= 0.3 is 0 Å². The maximum Gasteiger partial charge on any atom is 0.265 e.